The van der Waals surface area contributed by atoms with Crippen LogP contribution in [0.4, 0.5) is 0 Å². The van der Waals surface area contributed by atoms with Crippen LogP contribution in [0, 0.1) is 6.92 Å². The standard InChI is InChI=1S/C22H26N4O2S/c1-5-18(16-12-10-15(2)11-13-16)23-20(27)14-29-22-25-24-21(26(22)3)17-8-6-7-9-19(17)28-4/h6-13,18H,5,14H2,1-4H3,(H,23,27)/t18-/m0/s1. The number of nitrogens with zero attached hydrogens (tertiary/aromatic N) is 3. The summed E-state index contributed by atoms with van der Waals surface area (Å²) < 4.78 is 7.30. The normalized spacial score (nSPS) is 11.9. The Labute approximate surface area is 175 Å². The Morgan fingerprint density at radius 3 is 2.59 bits per heavy atom. The summed E-state index contributed by atoms with van der Waals surface area (Å²) in [5, 5.41) is 12.3. The van der Waals surface area contributed by atoms with Gasteiger partial charge in [-0.2, -0.15) is 0 Å². The molecule has 0 radical (unpaired) electrons. The molecule has 0 fully saturated rings. The molecule has 1 atom stereocenters. The van der Waals surface area contributed by atoms with Crippen LogP contribution in [-0.2, 0) is 11.8 Å². The monoisotopic (exact) mass is 410 g/mol. The zero-order chi connectivity index (χ0) is 20.8. The molecule has 0 aliphatic carbocycles. The van der Waals surface area contributed by atoms with Crippen LogP contribution in [0.1, 0.15) is 30.5 Å². The minimum Gasteiger partial charge on any atom is -0.496 e. The lowest BCUT2D eigenvalue weighted by molar-refractivity contribution is -0.119. The molecule has 29 heavy (non-hydrogen) atoms. The fourth-order valence-corrected chi connectivity index (χ4v) is 3.81. The highest BCUT2D eigenvalue weighted by Crippen LogP contribution is 2.30. The largest absolute Gasteiger partial charge is 0.496 e. The molecule has 0 unspecified atom stereocenters. The Morgan fingerprint density at radius 1 is 1.17 bits per heavy atom. The molecule has 1 heterocycles. The second kappa shape index (κ2) is 9.60. The van der Waals surface area contributed by atoms with Gasteiger partial charge in [0.15, 0.2) is 11.0 Å². The number of hydrogen-bond donors (Lipinski definition) is 1. The number of carbonyl (C=O) groups is 1. The number of thioether (sulfide) groups is 1. The molecule has 0 bridgehead atoms. The molecule has 6 nitrogen and oxygen atoms in total. The third kappa shape index (κ3) is 4.98. The molecular formula is C22H26N4O2S. The SMILES string of the molecule is CC[C@H](NC(=O)CSc1nnc(-c2ccccc2OC)n1C)c1ccc(C)cc1. The molecule has 1 N–H and O–H groups in total. The van der Waals surface area contributed by atoms with Crippen LogP contribution in [-0.4, -0.2) is 33.5 Å². The first kappa shape index (κ1) is 20.9. The topological polar surface area (TPSA) is 69.0 Å². The van der Waals surface area contributed by atoms with Crippen molar-refractivity contribution in [2.75, 3.05) is 12.9 Å². The molecule has 3 rings (SSSR count). The van der Waals surface area contributed by atoms with Gasteiger partial charge in [-0.05, 0) is 31.0 Å². The van der Waals surface area contributed by atoms with E-state index in [0.29, 0.717) is 11.0 Å². The summed E-state index contributed by atoms with van der Waals surface area (Å²) in [4.78, 5) is 12.5. The van der Waals surface area contributed by atoms with Gasteiger partial charge in [-0.3, -0.25) is 4.79 Å². The van der Waals surface area contributed by atoms with Crippen molar-refractivity contribution in [3.63, 3.8) is 0 Å². The van der Waals surface area contributed by atoms with Gasteiger partial charge in [0.2, 0.25) is 5.91 Å². The van der Waals surface area contributed by atoms with Gasteiger partial charge in [-0.25, -0.2) is 0 Å². The number of amides is 1. The fraction of sp³-hybridized carbons (Fsp3) is 0.318. The lowest BCUT2D eigenvalue weighted by atomic mass is 10.0. The van der Waals surface area contributed by atoms with E-state index in [0.717, 1.165) is 23.3 Å². The lowest BCUT2D eigenvalue weighted by Crippen LogP contribution is -2.29. The van der Waals surface area contributed by atoms with Crippen LogP contribution in [0.3, 0.4) is 0 Å². The van der Waals surface area contributed by atoms with Gasteiger partial charge in [0.05, 0.1) is 24.5 Å². The van der Waals surface area contributed by atoms with Crippen molar-refractivity contribution < 1.29 is 9.53 Å². The van der Waals surface area contributed by atoms with E-state index in [4.69, 9.17) is 4.74 Å². The number of aryl methyl sites for hydroxylation is 1. The summed E-state index contributed by atoms with van der Waals surface area (Å²) in [7, 11) is 3.52. The van der Waals surface area contributed by atoms with Crippen LogP contribution in [0.25, 0.3) is 11.4 Å². The number of aromatic nitrogens is 3. The summed E-state index contributed by atoms with van der Waals surface area (Å²) in [5.74, 6) is 1.70. The predicted octanol–water partition coefficient (Wildman–Crippen LogP) is 4.16. The number of nitrogens with one attached hydrogen (secondary N) is 1. The van der Waals surface area contributed by atoms with Crippen molar-refractivity contribution in [2.45, 2.75) is 31.5 Å². The minimum absolute atomic E-state index is 0.00679. The number of carbonyl (C=O) groups excluding carboxylic acids is 1. The summed E-state index contributed by atoms with van der Waals surface area (Å²) in [5.41, 5.74) is 3.19. The van der Waals surface area contributed by atoms with Gasteiger partial charge >= 0.3 is 0 Å². The number of ether oxygens (including phenoxy) is 1. The van der Waals surface area contributed by atoms with E-state index in [-0.39, 0.29) is 17.7 Å². The molecule has 0 saturated heterocycles. The number of rotatable bonds is 8. The van der Waals surface area contributed by atoms with E-state index in [2.05, 4.69) is 53.6 Å². The second-order valence-electron chi connectivity index (χ2n) is 6.79. The second-order valence-corrected chi connectivity index (χ2v) is 7.74. The van der Waals surface area contributed by atoms with E-state index in [1.165, 1.54) is 17.3 Å². The van der Waals surface area contributed by atoms with E-state index in [1.807, 2.05) is 35.9 Å². The highest BCUT2D eigenvalue weighted by molar-refractivity contribution is 7.99. The van der Waals surface area contributed by atoms with E-state index < -0.39 is 0 Å². The van der Waals surface area contributed by atoms with Gasteiger partial charge in [-0.1, -0.05) is 60.6 Å². The minimum atomic E-state index is -0.0238. The molecular weight excluding hydrogens is 384 g/mol. The van der Waals surface area contributed by atoms with Crippen molar-refractivity contribution in [2.24, 2.45) is 7.05 Å². The maximum Gasteiger partial charge on any atom is 0.230 e. The van der Waals surface area contributed by atoms with Crippen molar-refractivity contribution in [1.29, 1.82) is 0 Å². The number of para-hydroxylation sites is 1. The maximum atomic E-state index is 12.5. The number of methoxy groups -OCH3 is 1. The molecule has 152 valence electrons. The fourth-order valence-electron chi connectivity index (χ4n) is 3.09. The quantitative estimate of drug-likeness (QED) is 0.565. The molecule has 7 heteroatoms. The number of hydrogen-bond acceptors (Lipinski definition) is 5. The van der Waals surface area contributed by atoms with Crippen LogP contribution >= 0.6 is 11.8 Å². The lowest BCUT2D eigenvalue weighted by Gasteiger charge is -2.17. The van der Waals surface area contributed by atoms with E-state index >= 15 is 0 Å². The molecule has 1 amide bonds. The van der Waals surface area contributed by atoms with Crippen molar-refractivity contribution in [1.82, 2.24) is 20.1 Å². The van der Waals surface area contributed by atoms with Crippen molar-refractivity contribution in [3.8, 4) is 17.1 Å². The first-order valence-corrected chi connectivity index (χ1v) is 10.5. The summed E-state index contributed by atoms with van der Waals surface area (Å²) in [6, 6.07) is 16.0. The Kier molecular flexibility index (Phi) is 6.93. The molecule has 1 aromatic heterocycles. The molecule has 3 aromatic rings. The molecule has 0 aliphatic heterocycles. The molecule has 2 aromatic carbocycles. The smallest absolute Gasteiger partial charge is 0.230 e. The predicted molar refractivity (Wildman–Crippen MR) is 116 cm³/mol. The third-order valence-electron chi connectivity index (χ3n) is 4.74. The molecule has 0 aliphatic rings. The average Bonchev–Trinajstić information content (AvgIpc) is 3.11. The van der Waals surface area contributed by atoms with Crippen molar-refractivity contribution >= 4 is 17.7 Å². The Balaban J connectivity index is 1.65. The number of benzene rings is 2. The van der Waals surface area contributed by atoms with Crippen LogP contribution in [0.15, 0.2) is 53.7 Å². The van der Waals surface area contributed by atoms with Gasteiger partial charge in [-0.15, -0.1) is 10.2 Å². The van der Waals surface area contributed by atoms with Gasteiger partial charge in [0.25, 0.3) is 0 Å². The van der Waals surface area contributed by atoms with Crippen molar-refractivity contribution in [3.05, 3.63) is 59.7 Å². The van der Waals surface area contributed by atoms with E-state index in [1.54, 1.807) is 7.11 Å². The zero-order valence-electron chi connectivity index (χ0n) is 17.2. The Morgan fingerprint density at radius 2 is 1.90 bits per heavy atom. The Hall–Kier alpha value is -2.80. The average molecular weight is 411 g/mol. The van der Waals surface area contributed by atoms with Gasteiger partial charge < -0.3 is 14.6 Å². The maximum absolute atomic E-state index is 12.5. The molecule has 0 spiro atoms. The molecule has 0 saturated carbocycles. The van der Waals surface area contributed by atoms with Crippen LogP contribution in [0.5, 0.6) is 5.75 Å². The highest BCUT2D eigenvalue weighted by atomic mass is 32.2. The summed E-state index contributed by atoms with van der Waals surface area (Å²) >= 11 is 1.37. The van der Waals surface area contributed by atoms with E-state index in [9.17, 15) is 4.79 Å². The van der Waals surface area contributed by atoms with Gasteiger partial charge in [0.1, 0.15) is 5.75 Å². The summed E-state index contributed by atoms with van der Waals surface area (Å²) in [6.07, 6.45) is 0.835. The Bertz CT molecular complexity index is 969. The van der Waals surface area contributed by atoms with Crippen LogP contribution in [0.2, 0.25) is 0 Å². The zero-order valence-corrected chi connectivity index (χ0v) is 18.0. The van der Waals surface area contributed by atoms with Gasteiger partial charge in [0, 0.05) is 7.05 Å². The highest BCUT2D eigenvalue weighted by Gasteiger charge is 2.17. The van der Waals surface area contributed by atoms with Crippen LogP contribution < -0.4 is 10.1 Å². The first-order chi connectivity index (χ1) is 14.0. The third-order valence-corrected chi connectivity index (χ3v) is 5.76. The summed E-state index contributed by atoms with van der Waals surface area (Å²) in [6.45, 7) is 4.13. The first-order valence-electron chi connectivity index (χ1n) is 9.55.